The SMILES string of the molecule is CCN(CC)CCSc1ccc(CNC(C)C)cc1F. The van der Waals surface area contributed by atoms with Gasteiger partial charge in [0, 0.05) is 29.8 Å². The van der Waals surface area contributed by atoms with E-state index < -0.39 is 0 Å². The molecule has 0 spiro atoms. The molecule has 0 aliphatic rings. The van der Waals surface area contributed by atoms with Gasteiger partial charge >= 0.3 is 0 Å². The van der Waals surface area contributed by atoms with Gasteiger partial charge in [-0.25, -0.2) is 4.39 Å². The number of nitrogens with zero attached hydrogens (tertiary/aromatic N) is 1. The second-order valence-electron chi connectivity index (χ2n) is 5.18. The van der Waals surface area contributed by atoms with Crippen LogP contribution in [0.25, 0.3) is 0 Å². The molecular formula is C16H27FN2S. The molecule has 0 aromatic heterocycles. The largest absolute Gasteiger partial charge is 0.310 e. The van der Waals surface area contributed by atoms with Gasteiger partial charge in [-0.15, -0.1) is 11.8 Å². The summed E-state index contributed by atoms with van der Waals surface area (Å²) in [6, 6.07) is 5.98. The fraction of sp³-hybridized carbons (Fsp3) is 0.625. The van der Waals surface area contributed by atoms with E-state index in [1.165, 1.54) is 0 Å². The summed E-state index contributed by atoms with van der Waals surface area (Å²) in [5, 5.41) is 3.30. The zero-order valence-electron chi connectivity index (χ0n) is 13.1. The normalized spacial score (nSPS) is 11.6. The molecule has 1 aromatic rings. The molecule has 0 saturated carbocycles. The van der Waals surface area contributed by atoms with E-state index in [0.29, 0.717) is 6.04 Å². The maximum Gasteiger partial charge on any atom is 0.137 e. The number of halogens is 1. The van der Waals surface area contributed by atoms with Crippen molar-refractivity contribution in [2.24, 2.45) is 0 Å². The zero-order chi connectivity index (χ0) is 15.0. The number of benzene rings is 1. The lowest BCUT2D eigenvalue weighted by Crippen LogP contribution is -2.25. The smallest absolute Gasteiger partial charge is 0.137 e. The van der Waals surface area contributed by atoms with Crippen molar-refractivity contribution in [3.63, 3.8) is 0 Å². The first kappa shape index (κ1) is 17.5. The molecule has 0 radical (unpaired) electrons. The van der Waals surface area contributed by atoms with Gasteiger partial charge in [0.05, 0.1) is 0 Å². The van der Waals surface area contributed by atoms with Crippen LogP contribution in [-0.4, -0.2) is 36.3 Å². The highest BCUT2D eigenvalue weighted by molar-refractivity contribution is 7.99. The minimum atomic E-state index is -0.0994. The zero-order valence-corrected chi connectivity index (χ0v) is 13.9. The van der Waals surface area contributed by atoms with Crippen molar-refractivity contribution in [2.45, 2.75) is 45.2 Å². The van der Waals surface area contributed by atoms with Crippen LogP contribution in [0.15, 0.2) is 23.1 Å². The third-order valence-corrected chi connectivity index (χ3v) is 4.30. The minimum absolute atomic E-state index is 0.0994. The van der Waals surface area contributed by atoms with E-state index in [1.54, 1.807) is 17.8 Å². The fourth-order valence-corrected chi connectivity index (χ4v) is 2.85. The molecule has 114 valence electrons. The van der Waals surface area contributed by atoms with Crippen LogP contribution in [0.2, 0.25) is 0 Å². The molecule has 4 heteroatoms. The lowest BCUT2D eigenvalue weighted by atomic mass is 10.2. The Labute approximate surface area is 127 Å². The minimum Gasteiger partial charge on any atom is -0.310 e. The first-order valence-corrected chi connectivity index (χ1v) is 8.42. The summed E-state index contributed by atoms with van der Waals surface area (Å²) in [7, 11) is 0. The molecule has 0 unspecified atom stereocenters. The Morgan fingerprint density at radius 2 is 1.95 bits per heavy atom. The third kappa shape index (κ3) is 6.25. The quantitative estimate of drug-likeness (QED) is 0.699. The summed E-state index contributed by atoms with van der Waals surface area (Å²) in [6.07, 6.45) is 0. The van der Waals surface area contributed by atoms with Gasteiger partial charge in [-0.1, -0.05) is 33.8 Å². The van der Waals surface area contributed by atoms with Crippen LogP contribution in [0.4, 0.5) is 4.39 Å². The highest BCUT2D eigenvalue weighted by Gasteiger charge is 2.06. The number of hydrogen-bond acceptors (Lipinski definition) is 3. The van der Waals surface area contributed by atoms with Gasteiger partial charge < -0.3 is 10.2 Å². The average Bonchev–Trinajstić information content (AvgIpc) is 2.43. The summed E-state index contributed by atoms with van der Waals surface area (Å²) in [4.78, 5) is 3.11. The van der Waals surface area contributed by atoms with Gasteiger partial charge in [-0.3, -0.25) is 0 Å². The Hall–Kier alpha value is -0.580. The predicted octanol–water partition coefficient (Wildman–Crippen LogP) is 3.76. The van der Waals surface area contributed by atoms with E-state index in [0.717, 1.165) is 42.4 Å². The van der Waals surface area contributed by atoms with Crippen LogP contribution in [0.5, 0.6) is 0 Å². The molecule has 0 fully saturated rings. The predicted molar refractivity (Wildman–Crippen MR) is 86.9 cm³/mol. The third-order valence-electron chi connectivity index (χ3n) is 3.27. The molecule has 0 amide bonds. The van der Waals surface area contributed by atoms with E-state index in [2.05, 4.69) is 37.9 Å². The van der Waals surface area contributed by atoms with E-state index >= 15 is 0 Å². The van der Waals surface area contributed by atoms with Crippen LogP contribution >= 0.6 is 11.8 Å². The number of thioether (sulfide) groups is 1. The second kappa shape index (κ2) is 9.37. The van der Waals surface area contributed by atoms with E-state index in [4.69, 9.17) is 0 Å². The van der Waals surface area contributed by atoms with Gasteiger partial charge in [-0.2, -0.15) is 0 Å². The number of nitrogens with one attached hydrogen (secondary N) is 1. The van der Waals surface area contributed by atoms with Gasteiger partial charge in [0.25, 0.3) is 0 Å². The second-order valence-corrected chi connectivity index (χ2v) is 6.31. The summed E-state index contributed by atoms with van der Waals surface area (Å²) >= 11 is 1.60. The van der Waals surface area contributed by atoms with Gasteiger partial charge in [0.1, 0.15) is 5.82 Å². The highest BCUT2D eigenvalue weighted by Crippen LogP contribution is 2.22. The van der Waals surface area contributed by atoms with Gasteiger partial charge in [0.15, 0.2) is 0 Å². The molecule has 1 rings (SSSR count). The number of rotatable bonds is 9. The van der Waals surface area contributed by atoms with Crippen molar-refractivity contribution >= 4 is 11.8 Å². The van der Waals surface area contributed by atoms with Crippen LogP contribution < -0.4 is 5.32 Å². The van der Waals surface area contributed by atoms with E-state index in [1.807, 2.05) is 12.1 Å². The van der Waals surface area contributed by atoms with Crippen molar-refractivity contribution in [1.82, 2.24) is 10.2 Å². The van der Waals surface area contributed by atoms with Gasteiger partial charge in [0.2, 0.25) is 0 Å². The number of hydrogen-bond donors (Lipinski definition) is 1. The topological polar surface area (TPSA) is 15.3 Å². The summed E-state index contributed by atoms with van der Waals surface area (Å²) in [6.45, 7) is 12.3. The van der Waals surface area contributed by atoms with Crippen LogP contribution in [0, 0.1) is 5.82 Å². The standard InChI is InChI=1S/C16H27FN2S/c1-5-19(6-2)9-10-20-16-8-7-14(11-15(16)17)12-18-13(3)4/h7-8,11,13,18H,5-6,9-10,12H2,1-4H3. The molecule has 0 atom stereocenters. The molecule has 20 heavy (non-hydrogen) atoms. The summed E-state index contributed by atoms with van der Waals surface area (Å²) in [5.74, 6) is 0.833. The average molecular weight is 298 g/mol. The molecule has 0 bridgehead atoms. The summed E-state index contributed by atoms with van der Waals surface area (Å²) in [5.41, 5.74) is 1.00. The van der Waals surface area contributed by atoms with E-state index in [-0.39, 0.29) is 5.82 Å². The van der Waals surface area contributed by atoms with Crippen LogP contribution in [-0.2, 0) is 6.54 Å². The highest BCUT2D eigenvalue weighted by atomic mass is 32.2. The fourth-order valence-electron chi connectivity index (χ4n) is 1.92. The van der Waals surface area contributed by atoms with Crippen molar-refractivity contribution in [2.75, 3.05) is 25.4 Å². The Balaban J connectivity index is 2.47. The van der Waals surface area contributed by atoms with Crippen LogP contribution in [0.3, 0.4) is 0 Å². The molecule has 0 aliphatic heterocycles. The first-order chi connectivity index (χ1) is 9.56. The lowest BCUT2D eigenvalue weighted by molar-refractivity contribution is 0.324. The van der Waals surface area contributed by atoms with Crippen molar-refractivity contribution in [1.29, 1.82) is 0 Å². The lowest BCUT2D eigenvalue weighted by Gasteiger charge is -2.17. The molecule has 0 aliphatic carbocycles. The molecule has 0 saturated heterocycles. The molecule has 0 heterocycles. The van der Waals surface area contributed by atoms with Crippen molar-refractivity contribution in [3.8, 4) is 0 Å². The van der Waals surface area contributed by atoms with Gasteiger partial charge in [-0.05, 0) is 30.8 Å². The van der Waals surface area contributed by atoms with Crippen molar-refractivity contribution in [3.05, 3.63) is 29.6 Å². The Kier molecular flexibility index (Phi) is 8.19. The summed E-state index contributed by atoms with van der Waals surface area (Å²) < 4.78 is 14.0. The first-order valence-electron chi connectivity index (χ1n) is 7.43. The molecule has 2 nitrogen and oxygen atoms in total. The maximum atomic E-state index is 14.0. The molecule has 1 aromatic carbocycles. The Morgan fingerprint density at radius 1 is 1.25 bits per heavy atom. The van der Waals surface area contributed by atoms with Crippen LogP contribution in [0.1, 0.15) is 33.3 Å². The van der Waals surface area contributed by atoms with Crippen molar-refractivity contribution < 1.29 is 4.39 Å². The Bertz CT molecular complexity index is 392. The molecule has 1 N–H and O–H groups in total. The molecular weight excluding hydrogens is 271 g/mol. The monoisotopic (exact) mass is 298 g/mol. The van der Waals surface area contributed by atoms with E-state index in [9.17, 15) is 4.39 Å². The Morgan fingerprint density at radius 3 is 2.50 bits per heavy atom. The maximum absolute atomic E-state index is 14.0.